The zero-order chi connectivity index (χ0) is 44.5. The number of piperidine rings is 1. The Hall–Kier alpha value is -6.01. The molecule has 1 aromatic carbocycles. The van der Waals surface area contributed by atoms with Crippen molar-refractivity contribution in [3.63, 3.8) is 0 Å². The maximum Gasteiger partial charge on any atom is 0.329 e. The molecule has 2 N–H and O–H groups in total. The molecular formula is C45H50F2N12O6. The summed E-state index contributed by atoms with van der Waals surface area (Å²) in [6, 6.07) is 7.13. The van der Waals surface area contributed by atoms with Crippen molar-refractivity contribution in [2.45, 2.75) is 87.7 Å². The summed E-state index contributed by atoms with van der Waals surface area (Å²) in [7, 11) is 1.68. The molecule has 4 bridgehead atoms. The maximum atomic E-state index is 14.4. The van der Waals surface area contributed by atoms with E-state index in [9.17, 15) is 28.0 Å². The van der Waals surface area contributed by atoms with Crippen molar-refractivity contribution in [3.8, 4) is 11.8 Å². The first-order valence-electron chi connectivity index (χ1n) is 22.6. The Labute approximate surface area is 371 Å². The number of nitrogens with zero attached hydrogens (tertiary/aromatic N) is 10. The monoisotopic (exact) mass is 892 g/mol. The molecule has 1 aliphatic carbocycles. The number of rotatable bonds is 9. The van der Waals surface area contributed by atoms with Gasteiger partial charge in [0.05, 0.1) is 73.0 Å². The van der Waals surface area contributed by atoms with E-state index in [2.05, 4.69) is 47.4 Å². The molecule has 5 atom stereocenters. The van der Waals surface area contributed by atoms with Gasteiger partial charge >= 0.3 is 5.69 Å². The fraction of sp³-hybridized carbons (Fsp3) is 0.533. The quantitative estimate of drug-likeness (QED) is 0.164. The van der Waals surface area contributed by atoms with Gasteiger partial charge in [0.15, 0.2) is 11.3 Å². The number of imidazole rings is 1. The second kappa shape index (κ2) is 16.8. The summed E-state index contributed by atoms with van der Waals surface area (Å²) in [5.41, 5.74) is 1.69. The zero-order valence-electron chi connectivity index (χ0n) is 35.9. The molecule has 20 heteroatoms. The van der Waals surface area contributed by atoms with Crippen molar-refractivity contribution in [2.75, 3.05) is 62.8 Å². The van der Waals surface area contributed by atoms with E-state index >= 15 is 0 Å². The van der Waals surface area contributed by atoms with Gasteiger partial charge < -0.3 is 19.7 Å². The summed E-state index contributed by atoms with van der Waals surface area (Å²) in [5, 5.41) is 13.7. The predicted octanol–water partition coefficient (Wildman–Crippen LogP) is 2.89. The molecule has 1 saturated carbocycles. The summed E-state index contributed by atoms with van der Waals surface area (Å²) >= 11 is 0. The molecule has 340 valence electrons. The maximum absolute atomic E-state index is 14.4. The van der Waals surface area contributed by atoms with Gasteiger partial charge in [-0.25, -0.2) is 23.1 Å². The average Bonchev–Trinajstić information content (AvgIpc) is 4.14. The first-order valence-corrected chi connectivity index (χ1v) is 22.6. The Bertz CT molecular complexity index is 2800. The van der Waals surface area contributed by atoms with Gasteiger partial charge in [-0.05, 0) is 62.6 Å². The second-order valence-electron chi connectivity index (χ2n) is 18.3. The Morgan fingerprint density at radius 1 is 1.00 bits per heavy atom. The van der Waals surface area contributed by atoms with Crippen LogP contribution in [0.4, 0.5) is 20.3 Å². The van der Waals surface area contributed by atoms with Crippen molar-refractivity contribution in [1.29, 1.82) is 0 Å². The summed E-state index contributed by atoms with van der Waals surface area (Å²) < 4.78 is 46.6. The lowest BCUT2D eigenvalue weighted by molar-refractivity contribution is -0.135. The Kier molecular flexibility index (Phi) is 10.8. The summed E-state index contributed by atoms with van der Waals surface area (Å²) in [4.78, 5) is 63.4. The van der Waals surface area contributed by atoms with Gasteiger partial charge in [0.1, 0.15) is 17.4 Å². The van der Waals surface area contributed by atoms with Gasteiger partial charge in [0, 0.05) is 64.1 Å². The number of aromatic nitrogens is 7. The van der Waals surface area contributed by atoms with E-state index in [0.29, 0.717) is 54.5 Å². The van der Waals surface area contributed by atoms with Crippen LogP contribution in [0.3, 0.4) is 0 Å². The highest BCUT2D eigenvalue weighted by atomic mass is 19.3. The van der Waals surface area contributed by atoms with E-state index in [1.54, 1.807) is 17.9 Å². The van der Waals surface area contributed by atoms with Gasteiger partial charge in [0.25, 0.3) is 12.3 Å². The third-order valence-corrected chi connectivity index (χ3v) is 14.3. The van der Waals surface area contributed by atoms with Crippen LogP contribution in [0.1, 0.15) is 85.1 Å². The SMILES string of the molecule is Cn1c(=O)n(C2CCC(=O)NC2=O)c2cccc(C#CCN3C4COCC3CN(CC3CCC(n5cc(NC(=O)c6cnn7ccc(N8C[C@H]9C[C@@H]8CO9)nc67)c(C(F)F)n5)CC3)C4)c21. The van der Waals surface area contributed by atoms with E-state index in [-0.39, 0.29) is 66.0 Å². The van der Waals surface area contributed by atoms with Crippen LogP contribution in [0.2, 0.25) is 0 Å². The number of morpholine rings is 2. The average molecular weight is 893 g/mol. The van der Waals surface area contributed by atoms with Crippen molar-refractivity contribution < 1.29 is 32.6 Å². The number of alkyl halides is 2. The number of aryl methyl sites for hydroxylation is 1. The number of piperazine rings is 1. The molecule has 6 fully saturated rings. The highest BCUT2D eigenvalue weighted by Gasteiger charge is 2.41. The standard InChI is InChI=1S/C45H50F2N12O6/c1-53-40-27(4-2-6-35(40)59(45(53)63)36-11-12-38(60)51-44(36)62)5-3-14-55-30-19-54(20-31(55)24-64-23-30)18-26-7-9-28(10-8-26)58-22-34(39(52-58)41(46)47)49-43(61)33-17-48-57-15-13-37(50-42(33)57)56-21-32-16-29(56)25-65-32/h2,4,6,13,15,17,22,26,28-32,36,41H,7-12,14,16,18-21,23-25H2,1H3,(H,49,61)(H,51,60,62)/t26?,28?,29-,30?,31?,32-,36?/m1/s1. The van der Waals surface area contributed by atoms with E-state index in [1.165, 1.54) is 26.0 Å². The summed E-state index contributed by atoms with van der Waals surface area (Å²) in [6.07, 6.45) is 6.80. The van der Waals surface area contributed by atoms with Crippen LogP contribution in [0.25, 0.3) is 16.7 Å². The first-order chi connectivity index (χ1) is 31.6. The van der Waals surface area contributed by atoms with Gasteiger partial charge in [-0.3, -0.25) is 43.3 Å². The number of para-hydroxylation sites is 1. The van der Waals surface area contributed by atoms with Crippen LogP contribution in [0.5, 0.6) is 0 Å². The van der Waals surface area contributed by atoms with E-state index in [1.807, 2.05) is 24.3 Å². The smallest absolute Gasteiger partial charge is 0.329 e. The number of carbonyl (C=O) groups is 3. The Morgan fingerprint density at radius 3 is 2.55 bits per heavy atom. The molecule has 65 heavy (non-hydrogen) atoms. The molecule has 4 aromatic heterocycles. The molecule has 0 spiro atoms. The molecule has 18 nitrogen and oxygen atoms in total. The largest absolute Gasteiger partial charge is 0.378 e. The number of halogens is 2. The minimum absolute atomic E-state index is 0.0144. The third-order valence-electron chi connectivity index (χ3n) is 14.3. The predicted molar refractivity (Wildman–Crippen MR) is 232 cm³/mol. The van der Waals surface area contributed by atoms with Crippen molar-refractivity contribution in [1.82, 2.24) is 48.6 Å². The van der Waals surface area contributed by atoms with Gasteiger partial charge in [0.2, 0.25) is 11.8 Å². The number of imide groups is 1. The molecule has 5 aliphatic heterocycles. The van der Waals surface area contributed by atoms with Crippen LogP contribution in [0.15, 0.2) is 47.7 Å². The number of benzene rings is 1. The fourth-order valence-electron chi connectivity index (χ4n) is 11.1. The number of ether oxygens (including phenoxy) is 2. The van der Waals surface area contributed by atoms with Crippen molar-refractivity contribution in [2.24, 2.45) is 13.0 Å². The summed E-state index contributed by atoms with van der Waals surface area (Å²) in [5.74, 6) is 6.48. The van der Waals surface area contributed by atoms with Gasteiger partial charge in [-0.15, -0.1) is 0 Å². The Balaban J connectivity index is 0.708. The van der Waals surface area contributed by atoms with E-state index < -0.39 is 30.0 Å². The van der Waals surface area contributed by atoms with Crippen LogP contribution >= 0.6 is 0 Å². The first kappa shape index (κ1) is 41.7. The van der Waals surface area contributed by atoms with Gasteiger partial charge in [-0.1, -0.05) is 17.9 Å². The van der Waals surface area contributed by atoms with E-state index in [0.717, 1.165) is 64.1 Å². The molecular weight excluding hydrogens is 843 g/mol. The van der Waals surface area contributed by atoms with E-state index in [4.69, 9.17) is 14.5 Å². The topological polar surface area (TPSA) is 178 Å². The number of carbonyl (C=O) groups excluding carboxylic acids is 3. The lowest BCUT2D eigenvalue weighted by atomic mass is 9.85. The minimum Gasteiger partial charge on any atom is -0.378 e. The van der Waals surface area contributed by atoms with Crippen molar-refractivity contribution >= 4 is 45.9 Å². The van der Waals surface area contributed by atoms with Gasteiger partial charge in [-0.2, -0.15) is 10.2 Å². The molecule has 6 aliphatic rings. The molecule has 3 unspecified atom stereocenters. The third kappa shape index (κ3) is 7.67. The van der Waals surface area contributed by atoms with Crippen LogP contribution < -0.4 is 21.2 Å². The number of hydrogen-bond donors (Lipinski definition) is 2. The number of hydrogen-bond acceptors (Lipinski definition) is 12. The van der Waals surface area contributed by atoms with Crippen LogP contribution in [0, 0.1) is 17.8 Å². The minimum atomic E-state index is -2.87. The zero-order valence-corrected chi connectivity index (χ0v) is 35.9. The van der Waals surface area contributed by atoms with Crippen LogP contribution in [-0.4, -0.2) is 138 Å². The number of fused-ring (bicyclic) bond motifs is 6. The highest BCUT2D eigenvalue weighted by Crippen LogP contribution is 2.37. The summed E-state index contributed by atoms with van der Waals surface area (Å²) in [6.45, 7) is 5.74. The number of amides is 3. The number of anilines is 2. The normalized spacial score (nSPS) is 27.1. The fourth-order valence-corrected chi connectivity index (χ4v) is 11.1. The second-order valence-corrected chi connectivity index (χ2v) is 18.3. The highest BCUT2D eigenvalue weighted by molar-refractivity contribution is 6.08. The lowest BCUT2D eigenvalue weighted by Gasteiger charge is -2.50. The molecule has 9 heterocycles. The molecule has 11 rings (SSSR count). The molecule has 5 saturated heterocycles. The lowest BCUT2D eigenvalue weighted by Crippen LogP contribution is -2.64. The molecule has 0 radical (unpaired) electrons. The van der Waals surface area contributed by atoms with Crippen LogP contribution in [-0.2, 0) is 26.1 Å². The number of nitrogens with one attached hydrogen (secondary N) is 2. The Morgan fingerprint density at radius 2 is 1.82 bits per heavy atom. The molecule has 3 amide bonds. The van der Waals surface area contributed by atoms with Crippen molar-refractivity contribution in [3.05, 3.63) is 70.2 Å². The molecule has 5 aromatic rings.